The Morgan fingerprint density at radius 2 is 0.850 bits per heavy atom. The summed E-state index contributed by atoms with van der Waals surface area (Å²) in [6.07, 6.45) is 8.26. The third kappa shape index (κ3) is 52.0. The van der Waals surface area contributed by atoms with Gasteiger partial charge in [-0.05, 0) is 11.8 Å². The Balaban J connectivity index is -0.0000000554. The Kier molecular flexibility index (Phi) is 68.6. The normalized spacial score (nSPS) is 9.45. The Labute approximate surface area is 134 Å². The third-order valence-corrected chi connectivity index (χ3v) is 2.84. The van der Waals surface area contributed by atoms with E-state index < -0.39 is 0 Å². The van der Waals surface area contributed by atoms with Crippen molar-refractivity contribution in [1.29, 1.82) is 0 Å². The first-order valence-electron chi connectivity index (χ1n) is 9.59. The van der Waals surface area contributed by atoms with Crippen LogP contribution in [0.3, 0.4) is 0 Å². The number of hydrogen-bond donors (Lipinski definition) is 0. The molecule has 0 rings (SSSR count). The second-order valence-corrected chi connectivity index (χ2v) is 4.72. The minimum atomic E-state index is 0.870. The summed E-state index contributed by atoms with van der Waals surface area (Å²) in [5.74, 6) is 1.79. The van der Waals surface area contributed by atoms with Gasteiger partial charge >= 0.3 is 0 Å². The van der Waals surface area contributed by atoms with E-state index >= 15 is 0 Å². The van der Waals surface area contributed by atoms with E-state index in [4.69, 9.17) is 0 Å². The van der Waals surface area contributed by atoms with Gasteiger partial charge in [-0.15, -0.1) is 0 Å². The van der Waals surface area contributed by atoms with Crippen LogP contribution in [0.4, 0.5) is 0 Å². The first-order valence-corrected chi connectivity index (χ1v) is 9.59. The van der Waals surface area contributed by atoms with Gasteiger partial charge in [0.1, 0.15) is 0 Å². The molecule has 0 fully saturated rings. The fraction of sp³-hybridized carbons (Fsp3) is 1.00. The maximum Gasteiger partial charge on any atom is -0.0420 e. The standard InChI is InChI=1S/C8H18.C6H14.3C2H6/c1-5-6-8(4)7(2)3;1-3-5-6-4-2;3*1-2/h7-8H,5-6H2,1-4H3;3-6H2,1-2H3;3*1-2H3. The van der Waals surface area contributed by atoms with Crippen LogP contribution >= 0.6 is 0 Å². The molecule has 1 atom stereocenters. The highest BCUT2D eigenvalue weighted by molar-refractivity contribution is 4.54. The summed E-state index contributed by atoms with van der Waals surface area (Å²) in [4.78, 5) is 0. The van der Waals surface area contributed by atoms with E-state index in [0.717, 1.165) is 11.8 Å². The molecule has 0 radical (unpaired) electrons. The molecule has 0 aromatic heterocycles. The van der Waals surface area contributed by atoms with Crippen molar-refractivity contribution >= 4 is 0 Å². The molecule has 0 heteroatoms. The monoisotopic (exact) mass is 290 g/mol. The molecule has 0 aliphatic rings. The van der Waals surface area contributed by atoms with Crippen LogP contribution in [0.1, 0.15) is 122 Å². The molecule has 0 aliphatic carbocycles. The van der Waals surface area contributed by atoms with Gasteiger partial charge in [0.15, 0.2) is 0 Å². The Morgan fingerprint density at radius 3 is 0.950 bits per heavy atom. The molecular weight excluding hydrogens is 240 g/mol. The molecule has 0 aromatic rings. The van der Waals surface area contributed by atoms with Crippen LogP contribution in [-0.4, -0.2) is 0 Å². The van der Waals surface area contributed by atoms with Crippen molar-refractivity contribution in [3.05, 3.63) is 0 Å². The first-order chi connectivity index (χ1) is 9.59. The van der Waals surface area contributed by atoms with E-state index in [1.54, 1.807) is 0 Å². The van der Waals surface area contributed by atoms with Gasteiger partial charge in [-0.2, -0.15) is 0 Å². The predicted octanol–water partition coefficient (Wildman–Crippen LogP) is 8.74. The molecule has 0 aromatic carbocycles. The quantitative estimate of drug-likeness (QED) is 0.429. The van der Waals surface area contributed by atoms with Gasteiger partial charge in [0.2, 0.25) is 0 Å². The van der Waals surface area contributed by atoms with E-state index in [0.29, 0.717) is 0 Å². The van der Waals surface area contributed by atoms with Crippen molar-refractivity contribution in [3.63, 3.8) is 0 Å². The van der Waals surface area contributed by atoms with E-state index in [1.165, 1.54) is 38.5 Å². The average molecular weight is 291 g/mol. The van der Waals surface area contributed by atoms with Crippen molar-refractivity contribution in [2.75, 3.05) is 0 Å². The number of hydrogen-bond acceptors (Lipinski definition) is 0. The zero-order chi connectivity index (χ0) is 17.4. The Hall–Kier alpha value is 0. The fourth-order valence-corrected chi connectivity index (χ4v) is 1.29. The minimum Gasteiger partial charge on any atom is -0.0683 e. The fourth-order valence-electron chi connectivity index (χ4n) is 1.29. The first kappa shape index (κ1) is 32.1. The lowest BCUT2D eigenvalue weighted by Crippen LogP contribution is -2.02. The maximum absolute atomic E-state index is 2.33. The summed E-state index contributed by atoms with van der Waals surface area (Å²) in [7, 11) is 0. The Bertz CT molecular complexity index is 80.0. The maximum atomic E-state index is 2.33. The summed E-state index contributed by atoms with van der Waals surface area (Å²) in [6.45, 7) is 25.6. The topological polar surface area (TPSA) is 0 Å². The second kappa shape index (κ2) is 42.8. The zero-order valence-electron chi connectivity index (χ0n) is 17.4. The van der Waals surface area contributed by atoms with E-state index in [9.17, 15) is 0 Å². The molecule has 0 bridgehead atoms. The Morgan fingerprint density at radius 1 is 0.550 bits per heavy atom. The van der Waals surface area contributed by atoms with Crippen LogP contribution in [0.2, 0.25) is 0 Å². The minimum absolute atomic E-state index is 0.870. The van der Waals surface area contributed by atoms with Gasteiger partial charge in [-0.1, -0.05) is 122 Å². The SMILES string of the molecule is CC.CC.CC.CCCC(C)C(C)C.CCCCCC. The second-order valence-electron chi connectivity index (χ2n) is 4.72. The zero-order valence-corrected chi connectivity index (χ0v) is 17.4. The molecule has 0 saturated heterocycles. The molecule has 0 heterocycles. The van der Waals surface area contributed by atoms with Crippen molar-refractivity contribution in [2.24, 2.45) is 11.8 Å². The average Bonchev–Trinajstić information content (AvgIpc) is 2.52. The molecular formula is C20H50. The molecule has 0 aliphatic heterocycles. The largest absolute Gasteiger partial charge is 0.0683 e. The van der Waals surface area contributed by atoms with Crippen LogP contribution < -0.4 is 0 Å². The third-order valence-electron chi connectivity index (χ3n) is 2.84. The van der Waals surface area contributed by atoms with Crippen LogP contribution in [0, 0.1) is 11.8 Å². The van der Waals surface area contributed by atoms with Crippen molar-refractivity contribution in [2.45, 2.75) is 122 Å². The van der Waals surface area contributed by atoms with Crippen LogP contribution in [0.15, 0.2) is 0 Å². The summed E-state index contributed by atoms with van der Waals surface area (Å²) >= 11 is 0. The summed E-state index contributed by atoms with van der Waals surface area (Å²) < 4.78 is 0. The molecule has 0 amide bonds. The number of rotatable bonds is 6. The molecule has 1 unspecified atom stereocenters. The van der Waals surface area contributed by atoms with Gasteiger partial charge in [-0.3, -0.25) is 0 Å². The van der Waals surface area contributed by atoms with Gasteiger partial charge in [0.05, 0.1) is 0 Å². The van der Waals surface area contributed by atoms with Gasteiger partial charge in [0.25, 0.3) is 0 Å². The van der Waals surface area contributed by atoms with Crippen molar-refractivity contribution in [3.8, 4) is 0 Å². The van der Waals surface area contributed by atoms with Gasteiger partial charge in [-0.25, -0.2) is 0 Å². The lowest BCUT2D eigenvalue weighted by Gasteiger charge is -2.12. The molecule has 0 spiro atoms. The highest BCUT2D eigenvalue weighted by Crippen LogP contribution is 2.14. The summed E-state index contributed by atoms with van der Waals surface area (Å²) in [5, 5.41) is 0. The summed E-state index contributed by atoms with van der Waals surface area (Å²) in [5.41, 5.74) is 0. The van der Waals surface area contributed by atoms with Crippen molar-refractivity contribution in [1.82, 2.24) is 0 Å². The highest BCUT2D eigenvalue weighted by atomic mass is 14.1. The summed E-state index contributed by atoms with van der Waals surface area (Å²) in [6, 6.07) is 0. The molecule has 0 nitrogen and oxygen atoms in total. The van der Waals surface area contributed by atoms with E-state index in [1.807, 2.05) is 41.5 Å². The van der Waals surface area contributed by atoms with Crippen LogP contribution in [-0.2, 0) is 0 Å². The highest BCUT2D eigenvalue weighted by Gasteiger charge is 2.03. The van der Waals surface area contributed by atoms with Gasteiger partial charge in [0, 0.05) is 0 Å². The molecule has 130 valence electrons. The smallest absolute Gasteiger partial charge is 0.0420 e. The van der Waals surface area contributed by atoms with E-state index in [2.05, 4.69) is 41.5 Å². The molecule has 0 N–H and O–H groups in total. The molecule has 20 heavy (non-hydrogen) atoms. The van der Waals surface area contributed by atoms with Gasteiger partial charge < -0.3 is 0 Å². The van der Waals surface area contributed by atoms with Crippen LogP contribution in [0.5, 0.6) is 0 Å². The lowest BCUT2D eigenvalue weighted by atomic mass is 9.94. The predicted molar refractivity (Wildman–Crippen MR) is 103 cm³/mol. The van der Waals surface area contributed by atoms with E-state index in [-0.39, 0.29) is 0 Å². The van der Waals surface area contributed by atoms with Crippen LogP contribution in [0.25, 0.3) is 0 Å². The van der Waals surface area contributed by atoms with Crippen molar-refractivity contribution < 1.29 is 0 Å². The number of unbranched alkanes of at least 4 members (excludes halogenated alkanes) is 3. The molecule has 0 saturated carbocycles. The lowest BCUT2D eigenvalue weighted by molar-refractivity contribution is 0.389.